The summed E-state index contributed by atoms with van der Waals surface area (Å²) in [6.45, 7) is 6.76. The average molecular weight is 287 g/mol. The van der Waals surface area contributed by atoms with Crippen molar-refractivity contribution in [1.82, 2.24) is 0 Å². The Morgan fingerprint density at radius 2 is 1.84 bits per heavy atom. The Bertz CT molecular complexity index is 587. The summed E-state index contributed by atoms with van der Waals surface area (Å²) in [7, 11) is -3.85. The minimum atomic E-state index is -3.85. The van der Waals surface area contributed by atoms with Crippen LogP contribution in [-0.4, -0.2) is 20.2 Å². The van der Waals surface area contributed by atoms with Crippen LogP contribution < -0.4 is 9.88 Å². The molecule has 0 aliphatic carbocycles. The third kappa shape index (κ3) is 4.88. The normalized spacial score (nSPS) is 12.1. The summed E-state index contributed by atoms with van der Waals surface area (Å²) in [6, 6.07) is 4.03. The van der Waals surface area contributed by atoms with Crippen molar-refractivity contribution in [1.29, 1.82) is 0 Å². The van der Waals surface area contributed by atoms with Crippen molar-refractivity contribution in [3.63, 3.8) is 0 Å². The number of primary sulfonamides is 1. The van der Waals surface area contributed by atoms with Crippen LogP contribution >= 0.6 is 0 Å². The molecule has 2 N–H and O–H groups in total. The topological polar surface area (TPSA) is 95.7 Å². The smallest absolute Gasteiger partial charge is 0.428 e. The van der Waals surface area contributed by atoms with E-state index in [9.17, 15) is 13.2 Å². The van der Waals surface area contributed by atoms with E-state index in [0.717, 1.165) is 0 Å². The molecule has 0 fully saturated rings. The van der Waals surface area contributed by atoms with Crippen molar-refractivity contribution < 1.29 is 22.7 Å². The first-order valence-corrected chi connectivity index (χ1v) is 7.08. The Morgan fingerprint density at radius 3 is 2.32 bits per heavy atom. The molecule has 0 spiro atoms. The van der Waals surface area contributed by atoms with Crippen LogP contribution in [0.25, 0.3) is 0 Å². The quantitative estimate of drug-likeness (QED) is 0.662. The van der Waals surface area contributed by atoms with Gasteiger partial charge in [0, 0.05) is 6.07 Å². The Balaban J connectivity index is 2.99. The summed E-state index contributed by atoms with van der Waals surface area (Å²) in [6.07, 6.45) is -0.901. The highest BCUT2D eigenvalue weighted by Crippen LogP contribution is 2.23. The minimum absolute atomic E-state index is 0.0979. The van der Waals surface area contributed by atoms with Gasteiger partial charge in [-0.3, -0.25) is 0 Å². The van der Waals surface area contributed by atoms with Crippen LogP contribution in [0.3, 0.4) is 0 Å². The lowest BCUT2D eigenvalue weighted by molar-refractivity contribution is 0.0204. The Kier molecular flexibility index (Phi) is 4.21. The van der Waals surface area contributed by atoms with Gasteiger partial charge in [0.15, 0.2) is 0 Å². The van der Waals surface area contributed by atoms with Crippen LogP contribution in [0.1, 0.15) is 26.3 Å². The zero-order valence-corrected chi connectivity index (χ0v) is 12.1. The fourth-order valence-electron chi connectivity index (χ4n) is 1.23. The summed E-state index contributed by atoms with van der Waals surface area (Å²) in [5.74, 6) is 0.0979. The monoisotopic (exact) mass is 287 g/mol. The van der Waals surface area contributed by atoms with Crippen molar-refractivity contribution >= 4 is 16.2 Å². The van der Waals surface area contributed by atoms with E-state index in [-0.39, 0.29) is 10.6 Å². The van der Waals surface area contributed by atoms with Crippen molar-refractivity contribution in [2.45, 2.75) is 38.2 Å². The van der Waals surface area contributed by atoms with E-state index < -0.39 is 21.8 Å². The molecule has 0 aliphatic rings. The Hall–Kier alpha value is -1.60. The zero-order chi connectivity index (χ0) is 14.8. The third-order valence-electron chi connectivity index (χ3n) is 2.07. The molecular weight excluding hydrogens is 270 g/mol. The molecule has 0 aromatic heterocycles. The minimum Gasteiger partial charge on any atom is -0.428 e. The number of hydrogen-bond donors (Lipinski definition) is 1. The van der Waals surface area contributed by atoms with Crippen molar-refractivity contribution in [2.24, 2.45) is 5.14 Å². The van der Waals surface area contributed by atoms with Gasteiger partial charge in [-0.05, 0) is 39.3 Å². The number of carbonyl (C=O) groups is 1. The number of benzene rings is 1. The first kappa shape index (κ1) is 15.5. The maximum atomic E-state index is 11.5. The van der Waals surface area contributed by atoms with Crippen LogP contribution in [0.4, 0.5) is 4.79 Å². The van der Waals surface area contributed by atoms with Gasteiger partial charge in [-0.25, -0.2) is 18.4 Å². The molecule has 0 aliphatic heterocycles. The van der Waals surface area contributed by atoms with Gasteiger partial charge in [0.05, 0.1) is 4.90 Å². The van der Waals surface area contributed by atoms with Gasteiger partial charge in [0.1, 0.15) is 11.4 Å². The lowest BCUT2D eigenvalue weighted by Crippen LogP contribution is -2.26. The molecule has 0 bridgehead atoms. The predicted molar refractivity (Wildman–Crippen MR) is 69.4 cm³/mol. The zero-order valence-electron chi connectivity index (χ0n) is 11.3. The van der Waals surface area contributed by atoms with Crippen molar-refractivity contribution in [3.05, 3.63) is 23.8 Å². The summed E-state index contributed by atoms with van der Waals surface area (Å²) >= 11 is 0. The van der Waals surface area contributed by atoms with Crippen molar-refractivity contribution in [3.8, 4) is 5.75 Å². The predicted octanol–water partition coefficient (Wildman–Crippen LogP) is 1.96. The summed E-state index contributed by atoms with van der Waals surface area (Å²) < 4.78 is 32.4. The fraction of sp³-hybridized carbons (Fsp3) is 0.417. The molecule has 0 saturated carbocycles. The second-order valence-electron chi connectivity index (χ2n) is 5.04. The molecule has 6 nitrogen and oxygen atoms in total. The number of ether oxygens (including phenoxy) is 2. The summed E-state index contributed by atoms with van der Waals surface area (Å²) in [5.41, 5.74) is -0.0963. The molecule has 1 aromatic carbocycles. The lowest BCUT2D eigenvalue weighted by Gasteiger charge is -2.19. The van der Waals surface area contributed by atoms with Gasteiger partial charge in [-0.1, -0.05) is 6.07 Å². The highest BCUT2D eigenvalue weighted by atomic mass is 32.2. The van der Waals surface area contributed by atoms with Gasteiger partial charge >= 0.3 is 6.16 Å². The average Bonchev–Trinajstić information content (AvgIpc) is 2.16. The molecule has 0 saturated heterocycles. The van der Waals surface area contributed by atoms with E-state index >= 15 is 0 Å². The molecule has 7 heteroatoms. The first-order chi connectivity index (χ1) is 8.49. The molecule has 0 heterocycles. The van der Waals surface area contributed by atoms with Gasteiger partial charge in [0.2, 0.25) is 10.0 Å². The summed E-state index contributed by atoms with van der Waals surface area (Å²) in [4.78, 5) is 11.4. The van der Waals surface area contributed by atoms with Crippen LogP contribution in [0.15, 0.2) is 23.1 Å². The molecule has 19 heavy (non-hydrogen) atoms. The number of hydrogen-bond acceptors (Lipinski definition) is 5. The summed E-state index contributed by atoms with van der Waals surface area (Å²) in [5, 5.41) is 5.01. The standard InChI is InChI=1S/C12H17NO5S/c1-8-5-6-9(19(13,15)16)7-10(8)17-11(14)18-12(2,3)4/h5-7H,1-4H3,(H2,13,15,16). The van der Waals surface area contributed by atoms with Gasteiger partial charge in [-0.2, -0.15) is 0 Å². The fourth-order valence-corrected chi connectivity index (χ4v) is 1.76. The molecule has 0 amide bonds. The number of sulfonamides is 1. The second kappa shape index (κ2) is 5.18. The van der Waals surface area contributed by atoms with E-state index in [1.165, 1.54) is 18.2 Å². The first-order valence-electron chi connectivity index (χ1n) is 5.53. The number of carbonyl (C=O) groups excluding carboxylic acids is 1. The number of rotatable bonds is 2. The molecule has 0 radical (unpaired) electrons. The molecule has 1 aromatic rings. The van der Waals surface area contributed by atoms with Crippen LogP contribution in [0, 0.1) is 6.92 Å². The van der Waals surface area contributed by atoms with Crippen molar-refractivity contribution in [2.75, 3.05) is 0 Å². The van der Waals surface area contributed by atoms with Gasteiger partial charge < -0.3 is 9.47 Å². The van der Waals surface area contributed by atoms with E-state index in [1.54, 1.807) is 27.7 Å². The molecule has 0 unspecified atom stereocenters. The van der Waals surface area contributed by atoms with Crippen LogP contribution in [0.2, 0.25) is 0 Å². The van der Waals surface area contributed by atoms with E-state index in [0.29, 0.717) is 5.56 Å². The molecule has 1 rings (SSSR count). The maximum absolute atomic E-state index is 11.5. The van der Waals surface area contributed by atoms with Gasteiger partial charge in [0.25, 0.3) is 0 Å². The van der Waals surface area contributed by atoms with Crippen LogP contribution in [0.5, 0.6) is 5.75 Å². The third-order valence-corrected chi connectivity index (χ3v) is 2.98. The number of aryl methyl sites for hydroxylation is 1. The van der Waals surface area contributed by atoms with E-state index in [4.69, 9.17) is 14.6 Å². The highest BCUT2D eigenvalue weighted by Gasteiger charge is 2.19. The largest absolute Gasteiger partial charge is 0.514 e. The van der Waals surface area contributed by atoms with Gasteiger partial charge in [-0.15, -0.1) is 0 Å². The lowest BCUT2D eigenvalue weighted by atomic mass is 10.2. The highest BCUT2D eigenvalue weighted by molar-refractivity contribution is 7.89. The SMILES string of the molecule is Cc1ccc(S(N)(=O)=O)cc1OC(=O)OC(C)(C)C. The molecule has 106 valence electrons. The Morgan fingerprint density at radius 1 is 1.26 bits per heavy atom. The second-order valence-corrected chi connectivity index (χ2v) is 6.60. The van der Waals surface area contributed by atoms with E-state index in [1.807, 2.05) is 0 Å². The number of nitrogens with two attached hydrogens (primary N) is 1. The maximum Gasteiger partial charge on any atom is 0.514 e. The molecule has 0 atom stereocenters. The Labute approximate surface area is 112 Å². The van der Waals surface area contributed by atoms with Crippen LogP contribution in [-0.2, 0) is 14.8 Å². The molecular formula is C12H17NO5S. The van der Waals surface area contributed by atoms with E-state index in [2.05, 4.69) is 0 Å².